The molecule has 0 saturated carbocycles. The Morgan fingerprint density at radius 1 is 1.16 bits per heavy atom. The van der Waals surface area contributed by atoms with Gasteiger partial charge in [0.25, 0.3) is 0 Å². The minimum Gasteiger partial charge on any atom is -0.443 e. The maximum absolute atomic E-state index is 6.00. The summed E-state index contributed by atoms with van der Waals surface area (Å²) in [6, 6.07) is 10.8. The molecule has 0 atom stereocenters. The first-order valence-electron chi connectivity index (χ1n) is 5.50. The minimum atomic E-state index is 0.306. The second kappa shape index (κ2) is 4.64. The lowest BCUT2D eigenvalue weighted by atomic mass is 10.0. The summed E-state index contributed by atoms with van der Waals surface area (Å²) in [6.07, 6.45) is 0. The molecule has 0 bridgehead atoms. The summed E-state index contributed by atoms with van der Waals surface area (Å²) in [7, 11) is 0. The highest BCUT2D eigenvalue weighted by Crippen LogP contribution is 2.36. The molecule has 0 fully saturated rings. The number of nitrogens with zero attached hydrogens (tertiary/aromatic N) is 1. The van der Waals surface area contributed by atoms with Gasteiger partial charge in [-0.3, -0.25) is 5.10 Å². The predicted molar refractivity (Wildman–Crippen MR) is 76.2 cm³/mol. The van der Waals surface area contributed by atoms with Crippen LogP contribution in [0.5, 0.6) is 0 Å². The quantitative estimate of drug-likeness (QED) is 0.743. The first kappa shape index (κ1) is 12.1. The average Bonchev–Trinajstić information content (AvgIpc) is 2.95. The topological polar surface area (TPSA) is 67.8 Å². The third kappa shape index (κ3) is 2.20. The van der Waals surface area contributed by atoms with Crippen LogP contribution in [0.15, 0.2) is 40.8 Å². The third-order valence-corrected chi connectivity index (χ3v) is 3.17. The molecule has 6 heteroatoms. The van der Waals surface area contributed by atoms with E-state index in [1.807, 2.05) is 18.2 Å². The summed E-state index contributed by atoms with van der Waals surface area (Å²) >= 11 is 11.8. The van der Waals surface area contributed by atoms with Gasteiger partial charge in [0.2, 0.25) is 0 Å². The molecule has 2 heterocycles. The van der Waals surface area contributed by atoms with Crippen LogP contribution in [0.4, 0.5) is 5.82 Å². The number of halogens is 2. The van der Waals surface area contributed by atoms with Crippen molar-refractivity contribution in [2.75, 3.05) is 5.73 Å². The number of nitrogen functional groups attached to an aromatic ring is 1. The molecule has 1 aromatic carbocycles. The fourth-order valence-electron chi connectivity index (χ4n) is 1.92. The monoisotopic (exact) mass is 293 g/mol. The zero-order valence-corrected chi connectivity index (χ0v) is 11.2. The Hall–Kier alpha value is -1.91. The van der Waals surface area contributed by atoms with E-state index in [1.165, 1.54) is 0 Å². The van der Waals surface area contributed by atoms with Crippen LogP contribution in [0.1, 0.15) is 0 Å². The second-order valence-electron chi connectivity index (χ2n) is 3.97. The zero-order valence-electron chi connectivity index (χ0n) is 9.65. The lowest BCUT2D eigenvalue weighted by Crippen LogP contribution is -1.88. The number of anilines is 1. The van der Waals surface area contributed by atoms with Crippen molar-refractivity contribution in [3.8, 4) is 22.6 Å². The summed E-state index contributed by atoms with van der Waals surface area (Å²) in [6.45, 7) is 0. The van der Waals surface area contributed by atoms with Gasteiger partial charge >= 0.3 is 0 Å². The number of hydrogen-bond donors (Lipinski definition) is 2. The molecular formula is C13H9Cl2N3O. The van der Waals surface area contributed by atoms with E-state index < -0.39 is 0 Å². The Balaban J connectivity index is 2.19. The van der Waals surface area contributed by atoms with Crippen LogP contribution in [0, 0.1) is 0 Å². The van der Waals surface area contributed by atoms with Crippen molar-refractivity contribution < 1.29 is 4.42 Å². The molecule has 19 heavy (non-hydrogen) atoms. The van der Waals surface area contributed by atoms with Gasteiger partial charge in [0.05, 0.1) is 5.56 Å². The number of benzene rings is 1. The van der Waals surface area contributed by atoms with Crippen LogP contribution in [0.25, 0.3) is 22.6 Å². The molecule has 0 aliphatic rings. The summed E-state index contributed by atoms with van der Waals surface area (Å²) in [5, 5.41) is 7.80. The SMILES string of the molecule is Nc1n[nH]c(-c2ccc(Cl)o2)c1-c1cccc(Cl)c1. The number of rotatable bonds is 2. The number of nitrogens with two attached hydrogens (primary N) is 1. The van der Waals surface area contributed by atoms with Crippen LogP contribution >= 0.6 is 23.2 Å². The van der Waals surface area contributed by atoms with Crippen LogP contribution in [-0.2, 0) is 0 Å². The van der Waals surface area contributed by atoms with Gasteiger partial charge in [-0.25, -0.2) is 0 Å². The first-order chi connectivity index (χ1) is 9.15. The summed E-state index contributed by atoms with van der Waals surface area (Å²) in [5.74, 6) is 0.953. The molecule has 0 radical (unpaired) electrons. The minimum absolute atomic E-state index is 0.306. The largest absolute Gasteiger partial charge is 0.443 e. The molecule has 96 valence electrons. The van der Waals surface area contributed by atoms with Gasteiger partial charge < -0.3 is 10.2 Å². The molecule has 4 nitrogen and oxygen atoms in total. The first-order valence-corrected chi connectivity index (χ1v) is 6.26. The van der Waals surface area contributed by atoms with Gasteiger partial charge in [-0.2, -0.15) is 5.10 Å². The van der Waals surface area contributed by atoms with Crippen molar-refractivity contribution in [1.82, 2.24) is 10.2 Å². The van der Waals surface area contributed by atoms with Gasteiger partial charge in [-0.05, 0) is 41.4 Å². The summed E-state index contributed by atoms with van der Waals surface area (Å²) in [4.78, 5) is 0. The normalized spacial score (nSPS) is 10.8. The van der Waals surface area contributed by atoms with Gasteiger partial charge in [-0.1, -0.05) is 23.7 Å². The molecule has 3 rings (SSSR count). The van der Waals surface area contributed by atoms with Crippen molar-refractivity contribution in [2.24, 2.45) is 0 Å². The Bertz CT molecular complexity index is 733. The predicted octanol–water partition coefficient (Wildman–Crippen LogP) is 4.23. The van der Waals surface area contributed by atoms with Gasteiger partial charge in [0.15, 0.2) is 16.8 Å². The highest BCUT2D eigenvalue weighted by Gasteiger charge is 2.17. The molecule has 0 aliphatic carbocycles. The lowest BCUT2D eigenvalue weighted by molar-refractivity contribution is 0.582. The maximum Gasteiger partial charge on any atom is 0.194 e. The van der Waals surface area contributed by atoms with E-state index in [2.05, 4.69) is 10.2 Å². The number of aromatic amines is 1. The standard InChI is InChI=1S/C13H9Cl2N3O/c14-8-3-1-2-7(6-8)11-12(17-18-13(11)16)9-4-5-10(15)19-9/h1-6H,(H3,16,17,18). The fourth-order valence-corrected chi connectivity index (χ4v) is 2.26. The van der Waals surface area contributed by atoms with E-state index in [0.29, 0.717) is 27.5 Å². The van der Waals surface area contributed by atoms with Crippen LogP contribution in [0.3, 0.4) is 0 Å². The van der Waals surface area contributed by atoms with E-state index in [0.717, 1.165) is 11.1 Å². The van der Waals surface area contributed by atoms with E-state index in [-0.39, 0.29) is 0 Å². The average molecular weight is 294 g/mol. The van der Waals surface area contributed by atoms with E-state index >= 15 is 0 Å². The Labute approximate surface area is 119 Å². The molecule has 2 aromatic heterocycles. The molecule has 3 N–H and O–H groups in total. The number of H-pyrrole nitrogens is 1. The van der Waals surface area contributed by atoms with Gasteiger partial charge in [0, 0.05) is 5.02 Å². The number of nitrogens with one attached hydrogen (secondary N) is 1. The van der Waals surface area contributed by atoms with Gasteiger partial charge in [0.1, 0.15) is 5.69 Å². The van der Waals surface area contributed by atoms with Crippen LogP contribution < -0.4 is 5.73 Å². The summed E-state index contributed by atoms with van der Waals surface area (Å²) in [5.41, 5.74) is 8.19. The maximum atomic E-state index is 6.00. The molecular weight excluding hydrogens is 285 g/mol. The third-order valence-electron chi connectivity index (χ3n) is 2.73. The molecule has 0 aliphatic heterocycles. The van der Waals surface area contributed by atoms with Crippen molar-refractivity contribution in [3.63, 3.8) is 0 Å². The fraction of sp³-hybridized carbons (Fsp3) is 0. The summed E-state index contributed by atoms with van der Waals surface area (Å²) < 4.78 is 5.38. The Kier molecular flexibility index (Phi) is 2.97. The van der Waals surface area contributed by atoms with Crippen molar-refractivity contribution >= 4 is 29.0 Å². The van der Waals surface area contributed by atoms with Crippen LogP contribution in [0.2, 0.25) is 10.2 Å². The molecule has 0 amide bonds. The second-order valence-corrected chi connectivity index (χ2v) is 4.78. The van der Waals surface area contributed by atoms with Crippen molar-refractivity contribution in [2.45, 2.75) is 0 Å². The zero-order chi connectivity index (χ0) is 13.4. The number of hydrogen-bond acceptors (Lipinski definition) is 3. The highest BCUT2D eigenvalue weighted by molar-refractivity contribution is 6.31. The highest BCUT2D eigenvalue weighted by atomic mass is 35.5. The van der Waals surface area contributed by atoms with Crippen molar-refractivity contribution in [1.29, 1.82) is 0 Å². The Morgan fingerprint density at radius 2 is 2.00 bits per heavy atom. The molecule has 0 saturated heterocycles. The molecule has 0 unspecified atom stereocenters. The van der Waals surface area contributed by atoms with E-state index in [9.17, 15) is 0 Å². The van der Waals surface area contributed by atoms with Crippen molar-refractivity contribution in [3.05, 3.63) is 46.6 Å². The number of furan rings is 1. The van der Waals surface area contributed by atoms with E-state index in [4.69, 9.17) is 33.4 Å². The molecule has 3 aromatic rings. The lowest BCUT2D eigenvalue weighted by Gasteiger charge is -2.03. The Morgan fingerprint density at radius 3 is 2.68 bits per heavy atom. The van der Waals surface area contributed by atoms with Gasteiger partial charge in [-0.15, -0.1) is 0 Å². The van der Waals surface area contributed by atoms with E-state index in [1.54, 1.807) is 18.2 Å². The number of aromatic nitrogens is 2. The van der Waals surface area contributed by atoms with Crippen LogP contribution in [-0.4, -0.2) is 10.2 Å². The smallest absolute Gasteiger partial charge is 0.194 e. The molecule has 0 spiro atoms.